The Kier molecular flexibility index (Phi) is 4.33. The van der Waals surface area contributed by atoms with Crippen molar-refractivity contribution in [2.24, 2.45) is 0 Å². The number of nitrogens with zero attached hydrogens (tertiary/aromatic N) is 1. The second-order valence-electron chi connectivity index (χ2n) is 6.33. The third-order valence-corrected chi connectivity index (χ3v) is 4.96. The van der Waals surface area contributed by atoms with Crippen LogP contribution in [0, 0.1) is 0 Å². The van der Waals surface area contributed by atoms with E-state index in [0.29, 0.717) is 11.3 Å². The van der Waals surface area contributed by atoms with Gasteiger partial charge in [-0.1, -0.05) is 32.9 Å². The Labute approximate surface area is 129 Å². The number of hydrogen-bond donors (Lipinski definition) is 1. The molecule has 0 aliphatic carbocycles. The van der Waals surface area contributed by atoms with Crippen LogP contribution in [0.25, 0.3) is 0 Å². The number of rotatable bonds is 2. The second-order valence-corrected chi connectivity index (χ2v) is 7.68. The fraction of sp³-hybridized carbons (Fsp3) is 0.500. The van der Waals surface area contributed by atoms with Gasteiger partial charge in [-0.3, -0.25) is 4.79 Å². The minimum absolute atomic E-state index is 0.0297. The molecule has 1 aromatic carbocycles. The highest BCUT2D eigenvalue weighted by Crippen LogP contribution is 2.31. The predicted molar refractivity (Wildman–Crippen MR) is 84.7 cm³/mol. The van der Waals surface area contributed by atoms with E-state index in [0.717, 1.165) is 5.56 Å². The summed E-state index contributed by atoms with van der Waals surface area (Å²) in [5, 5.41) is 9.13. The number of amides is 1. The van der Waals surface area contributed by atoms with Crippen LogP contribution < -0.4 is 0 Å². The van der Waals surface area contributed by atoms with Crippen LogP contribution in [-0.4, -0.2) is 39.1 Å². The molecular weight excluding hydrogens is 286 g/mol. The molecule has 2 atom stereocenters. The maximum atomic E-state index is 12.6. The van der Waals surface area contributed by atoms with E-state index < -0.39 is 12.0 Å². The van der Waals surface area contributed by atoms with Gasteiger partial charge in [0.15, 0.2) is 0 Å². The zero-order valence-electron chi connectivity index (χ0n) is 12.8. The van der Waals surface area contributed by atoms with Gasteiger partial charge in [0.2, 0.25) is 0 Å². The number of carbonyl (C=O) groups excluding carboxylic acids is 1. The zero-order chi connectivity index (χ0) is 15.8. The van der Waals surface area contributed by atoms with Crippen molar-refractivity contribution in [1.29, 1.82) is 0 Å². The van der Waals surface area contributed by atoms with Gasteiger partial charge in [0, 0.05) is 11.3 Å². The Bertz CT molecular complexity index is 548. The molecule has 0 saturated carbocycles. The number of carboxylic acids is 1. The average Bonchev–Trinajstić information content (AvgIpc) is 2.79. The summed E-state index contributed by atoms with van der Waals surface area (Å²) in [5.74, 6) is -0.700. The number of carbonyl (C=O) groups is 2. The topological polar surface area (TPSA) is 57.6 Å². The molecule has 1 aliphatic rings. The zero-order valence-corrected chi connectivity index (χ0v) is 13.6. The van der Waals surface area contributed by atoms with Crippen LogP contribution in [0.1, 0.15) is 43.6 Å². The maximum Gasteiger partial charge on any atom is 0.327 e. The van der Waals surface area contributed by atoms with Gasteiger partial charge in [-0.25, -0.2) is 4.79 Å². The van der Waals surface area contributed by atoms with Crippen LogP contribution in [0.5, 0.6) is 0 Å². The van der Waals surface area contributed by atoms with E-state index in [4.69, 9.17) is 0 Å². The average molecular weight is 307 g/mol. The first-order valence-corrected chi connectivity index (χ1v) is 8.04. The third kappa shape index (κ3) is 3.23. The van der Waals surface area contributed by atoms with Crippen LogP contribution in [0.4, 0.5) is 0 Å². The Morgan fingerprint density at radius 1 is 1.24 bits per heavy atom. The summed E-state index contributed by atoms with van der Waals surface area (Å²) in [5.41, 5.74) is 1.73. The summed E-state index contributed by atoms with van der Waals surface area (Å²) in [4.78, 5) is 25.3. The largest absolute Gasteiger partial charge is 0.480 e. The first-order chi connectivity index (χ1) is 9.71. The van der Waals surface area contributed by atoms with Crippen molar-refractivity contribution in [3.05, 3.63) is 35.4 Å². The molecule has 1 aliphatic heterocycles. The highest BCUT2D eigenvalue weighted by atomic mass is 32.2. The smallest absolute Gasteiger partial charge is 0.327 e. The van der Waals surface area contributed by atoms with Crippen LogP contribution in [0.15, 0.2) is 24.3 Å². The molecule has 5 heteroatoms. The van der Waals surface area contributed by atoms with Crippen molar-refractivity contribution in [3.63, 3.8) is 0 Å². The molecule has 1 amide bonds. The van der Waals surface area contributed by atoms with Crippen LogP contribution >= 0.6 is 11.8 Å². The van der Waals surface area contributed by atoms with Crippen molar-refractivity contribution >= 4 is 23.6 Å². The van der Waals surface area contributed by atoms with Gasteiger partial charge in [0.25, 0.3) is 5.91 Å². The van der Waals surface area contributed by atoms with E-state index in [9.17, 15) is 14.7 Å². The van der Waals surface area contributed by atoms with Gasteiger partial charge in [-0.2, -0.15) is 0 Å². The first kappa shape index (κ1) is 15.9. The minimum atomic E-state index is -0.938. The molecule has 2 rings (SSSR count). The number of thioether (sulfide) groups is 1. The van der Waals surface area contributed by atoms with Gasteiger partial charge < -0.3 is 10.0 Å². The molecule has 1 aromatic rings. The van der Waals surface area contributed by atoms with Gasteiger partial charge in [-0.15, -0.1) is 11.8 Å². The van der Waals surface area contributed by atoms with Crippen molar-refractivity contribution in [1.82, 2.24) is 4.90 Å². The molecule has 1 fully saturated rings. The lowest BCUT2D eigenvalue weighted by atomic mass is 9.86. The lowest BCUT2D eigenvalue weighted by Crippen LogP contribution is -2.44. The van der Waals surface area contributed by atoms with Crippen molar-refractivity contribution in [2.45, 2.75) is 44.5 Å². The molecular formula is C16H21NO3S. The third-order valence-electron chi connectivity index (χ3n) is 3.74. The molecule has 4 nitrogen and oxygen atoms in total. The Hall–Kier alpha value is -1.49. The normalized spacial score (nSPS) is 22.4. The van der Waals surface area contributed by atoms with E-state index in [-0.39, 0.29) is 16.7 Å². The summed E-state index contributed by atoms with van der Waals surface area (Å²) >= 11 is 1.50. The van der Waals surface area contributed by atoms with Gasteiger partial charge in [0.05, 0.1) is 5.37 Å². The Morgan fingerprint density at radius 2 is 1.81 bits per heavy atom. The SMILES string of the molecule is CC1SCC(C(=O)O)N1C(=O)c1ccc(C(C)(C)C)cc1. The summed E-state index contributed by atoms with van der Waals surface area (Å²) < 4.78 is 0. The minimum Gasteiger partial charge on any atom is -0.480 e. The maximum absolute atomic E-state index is 12.6. The molecule has 0 aromatic heterocycles. The van der Waals surface area contributed by atoms with E-state index >= 15 is 0 Å². The summed E-state index contributed by atoms with van der Waals surface area (Å²) in [6.07, 6.45) is 0. The predicted octanol–water partition coefficient (Wildman–Crippen LogP) is 2.97. The molecule has 1 saturated heterocycles. The number of benzene rings is 1. The fourth-order valence-electron chi connectivity index (χ4n) is 2.40. The summed E-state index contributed by atoms with van der Waals surface area (Å²) in [6, 6.07) is 6.72. The molecule has 114 valence electrons. The molecule has 21 heavy (non-hydrogen) atoms. The second kappa shape index (κ2) is 5.72. The van der Waals surface area contributed by atoms with Crippen molar-refractivity contribution < 1.29 is 14.7 Å². The summed E-state index contributed by atoms with van der Waals surface area (Å²) in [7, 11) is 0. The number of aliphatic carboxylic acids is 1. The van der Waals surface area contributed by atoms with Crippen LogP contribution in [0.3, 0.4) is 0 Å². The van der Waals surface area contributed by atoms with Gasteiger partial charge in [-0.05, 0) is 30.0 Å². The molecule has 0 radical (unpaired) electrons. The van der Waals surface area contributed by atoms with Crippen LogP contribution in [0.2, 0.25) is 0 Å². The Morgan fingerprint density at radius 3 is 2.29 bits per heavy atom. The lowest BCUT2D eigenvalue weighted by molar-refractivity contribution is -0.141. The lowest BCUT2D eigenvalue weighted by Gasteiger charge is -2.25. The number of hydrogen-bond acceptors (Lipinski definition) is 3. The van der Waals surface area contributed by atoms with Crippen LogP contribution in [-0.2, 0) is 10.2 Å². The molecule has 2 unspecified atom stereocenters. The molecule has 1 N–H and O–H groups in total. The molecule has 1 heterocycles. The highest BCUT2D eigenvalue weighted by molar-refractivity contribution is 8.00. The first-order valence-electron chi connectivity index (χ1n) is 6.99. The van der Waals surface area contributed by atoms with E-state index in [1.54, 1.807) is 12.1 Å². The van der Waals surface area contributed by atoms with Crippen molar-refractivity contribution in [2.75, 3.05) is 5.75 Å². The van der Waals surface area contributed by atoms with E-state index in [1.165, 1.54) is 16.7 Å². The quantitative estimate of drug-likeness (QED) is 0.912. The van der Waals surface area contributed by atoms with Gasteiger partial charge in [0.1, 0.15) is 6.04 Å². The molecule has 0 spiro atoms. The van der Waals surface area contributed by atoms with E-state index in [1.807, 2.05) is 19.1 Å². The number of carboxylic acid groups (broad SMARTS) is 1. The van der Waals surface area contributed by atoms with Gasteiger partial charge >= 0.3 is 5.97 Å². The molecule has 0 bridgehead atoms. The fourth-order valence-corrected chi connectivity index (χ4v) is 3.57. The standard InChI is InChI=1S/C16H21NO3S/c1-10-17(13(9-21-10)15(19)20)14(18)11-5-7-12(8-6-11)16(2,3)4/h5-8,10,13H,9H2,1-4H3,(H,19,20). The van der Waals surface area contributed by atoms with E-state index in [2.05, 4.69) is 20.8 Å². The van der Waals surface area contributed by atoms with Crippen molar-refractivity contribution in [3.8, 4) is 0 Å². The summed E-state index contributed by atoms with van der Waals surface area (Å²) in [6.45, 7) is 8.21. The Balaban J connectivity index is 2.25. The highest BCUT2D eigenvalue weighted by Gasteiger charge is 2.39. The monoisotopic (exact) mass is 307 g/mol.